The molecule has 140 valence electrons. The number of ether oxygens (including phenoxy) is 1. The van der Waals surface area contributed by atoms with Crippen LogP contribution in [0.25, 0.3) is 0 Å². The lowest BCUT2D eigenvalue weighted by molar-refractivity contribution is -0.128. The predicted molar refractivity (Wildman–Crippen MR) is 103 cm³/mol. The molecule has 2 rings (SSSR count). The molecule has 1 aliphatic rings. The first-order chi connectivity index (χ1) is 11.6. The van der Waals surface area contributed by atoms with Gasteiger partial charge in [-0.05, 0) is 56.2 Å². The first-order valence-corrected chi connectivity index (χ1v) is 9.29. The maximum absolute atomic E-state index is 12.1. The van der Waals surface area contributed by atoms with Gasteiger partial charge in [-0.2, -0.15) is 0 Å². The van der Waals surface area contributed by atoms with E-state index in [9.17, 15) is 4.79 Å². The summed E-state index contributed by atoms with van der Waals surface area (Å²) in [5.41, 5.74) is 3.40. The number of aryl methyl sites for hydroxylation is 1. The monoisotopic (exact) mass is 346 g/mol. The lowest BCUT2D eigenvalue weighted by Crippen LogP contribution is -2.43. The second-order valence-electron chi connectivity index (χ2n) is 8.85. The van der Waals surface area contributed by atoms with Gasteiger partial charge in [0.1, 0.15) is 5.75 Å². The van der Waals surface area contributed by atoms with Crippen molar-refractivity contribution in [3.8, 4) is 5.75 Å². The Bertz CT molecular complexity index is 630. The van der Waals surface area contributed by atoms with Gasteiger partial charge < -0.3 is 15.4 Å². The van der Waals surface area contributed by atoms with E-state index in [2.05, 4.69) is 50.5 Å². The summed E-state index contributed by atoms with van der Waals surface area (Å²) in [5, 5.41) is 6.40. The SMILES string of the molecule is CNC(=O)C(C)(C)CNC1CCCOc2c(C)cc(C(C)(C)C)cc21. The highest BCUT2D eigenvalue weighted by Gasteiger charge is 2.30. The summed E-state index contributed by atoms with van der Waals surface area (Å²) < 4.78 is 6.06. The molecule has 1 atom stereocenters. The number of rotatable bonds is 4. The Kier molecular flexibility index (Phi) is 5.82. The van der Waals surface area contributed by atoms with E-state index in [1.54, 1.807) is 7.05 Å². The molecule has 1 unspecified atom stereocenters. The van der Waals surface area contributed by atoms with Crippen LogP contribution in [-0.2, 0) is 10.2 Å². The summed E-state index contributed by atoms with van der Waals surface area (Å²) in [6.07, 6.45) is 2.03. The Morgan fingerprint density at radius 1 is 1.24 bits per heavy atom. The molecule has 0 bridgehead atoms. The van der Waals surface area contributed by atoms with E-state index in [1.165, 1.54) is 16.7 Å². The molecule has 0 aromatic heterocycles. The zero-order valence-electron chi connectivity index (χ0n) is 16.9. The van der Waals surface area contributed by atoms with Crippen LogP contribution in [-0.4, -0.2) is 26.1 Å². The molecule has 1 aromatic rings. The smallest absolute Gasteiger partial charge is 0.226 e. The zero-order valence-corrected chi connectivity index (χ0v) is 16.9. The summed E-state index contributed by atoms with van der Waals surface area (Å²) in [4.78, 5) is 12.1. The van der Waals surface area contributed by atoms with Crippen LogP contribution in [0.15, 0.2) is 12.1 Å². The Hall–Kier alpha value is -1.55. The molecule has 1 aromatic carbocycles. The van der Waals surface area contributed by atoms with E-state index in [1.807, 2.05) is 13.8 Å². The first-order valence-electron chi connectivity index (χ1n) is 9.29. The normalized spacial score (nSPS) is 18.1. The highest BCUT2D eigenvalue weighted by Crippen LogP contribution is 2.38. The minimum absolute atomic E-state index is 0.0599. The molecule has 0 fully saturated rings. The van der Waals surface area contributed by atoms with Gasteiger partial charge in [-0.15, -0.1) is 0 Å². The third-order valence-electron chi connectivity index (χ3n) is 5.06. The van der Waals surface area contributed by atoms with Crippen molar-refractivity contribution in [2.24, 2.45) is 5.41 Å². The van der Waals surface area contributed by atoms with Crippen LogP contribution in [0.1, 0.15) is 70.2 Å². The Morgan fingerprint density at radius 2 is 1.92 bits per heavy atom. The molecule has 0 saturated carbocycles. The van der Waals surface area contributed by atoms with Crippen LogP contribution in [0.5, 0.6) is 5.75 Å². The summed E-state index contributed by atoms with van der Waals surface area (Å²) in [5.74, 6) is 1.07. The minimum Gasteiger partial charge on any atom is -0.493 e. The lowest BCUT2D eigenvalue weighted by atomic mass is 9.83. The number of carbonyl (C=O) groups is 1. The molecule has 1 amide bonds. The minimum atomic E-state index is -0.446. The maximum atomic E-state index is 12.1. The quantitative estimate of drug-likeness (QED) is 0.870. The first kappa shape index (κ1) is 19.8. The lowest BCUT2D eigenvalue weighted by Gasteiger charge is -2.29. The van der Waals surface area contributed by atoms with Gasteiger partial charge in [-0.1, -0.05) is 26.8 Å². The molecule has 1 heterocycles. The molecule has 4 heteroatoms. The number of hydrogen-bond acceptors (Lipinski definition) is 3. The number of fused-ring (bicyclic) bond motifs is 1. The molecule has 0 saturated heterocycles. The zero-order chi connectivity index (χ0) is 18.8. The van der Waals surface area contributed by atoms with E-state index in [0.717, 1.165) is 25.2 Å². The van der Waals surface area contributed by atoms with Crippen molar-refractivity contribution >= 4 is 5.91 Å². The van der Waals surface area contributed by atoms with Crippen LogP contribution >= 0.6 is 0 Å². The van der Waals surface area contributed by atoms with E-state index in [0.29, 0.717) is 6.54 Å². The highest BCUT2D eigenvalue weighted by molar-refractivity contribution is 5.81. The van der Waals surface area contributed by atoms with Crippen molar-refractivity contribution in [2.75, 3.05) is 20.2 Å². The Morgan fingerprint density at radius 3 is 2.52 bits per heavy atom. The molecule has 0 radical (unpaired) electrons. The van der Waals surface area contributed by atoms with Gasteiger partial charge in [-0.3, -0.25) is 4.79 Å². The van der Waals surface area contributed by atoms with Crippen molar-refractivity contribution in [1.82, 2.24) is 10.6 Å². The van der Waals surface area contributed by atoms with Gasteiger partial charge in [0, 0.05) is 25.2 Å². The molecule has 4 nitrogen and oxygen atoms in total. The average Bonchev–Trinajstić information content (AvgIpc) is 2.74. The largest absolute Gasteiger partial charge is 0.493 e. The van der Waals surface area contributed by atoms with E-state index >= 15 is 0 Å². The van der Waals surface area contributed by atoms with Crippen molar-refractivity contribution in [3.05, 3.63) is 28.8 Å². The van der Waals surface area contributed by atoms with Gasteiger partial charge in [0.15, 0.2) is 0 Å². The number of carbonyl (C=O) groups excluding carboxylic acids is 1. The van der Waals surface area contributed by atoms with Crippen LogP contribution in [0, 0.1) is 12.3 Å². The van der Waals surface area contributed by atoms with Crippen LogP contribution in [0.4, 0.5) is 0 Å². The van der Waals surface area contributed by atoms with Crippen LogP contribution in [0.2, 0.25) is 0 Å². The van der Waals surface area contributed by atoms with Gasteiger partial charge in [-0.25, -0.2) is 0 Å². The standard InChI is InChI=1S/C21H34N2O2/c1-14-11-15(20(2,3)4)12-16-17(9-8-10-25-18(14)16)23-13-21(5,6)19(24)22-7/h11-12,17,23H,8-10,13H2,1-7H3,(H,22,24). The van der Waals surface area contributed by atoms with Crippen molar-refractivity contribution in [1.29, 1.82) is 0 Å². The van der Waals surface area contributed by atoms with E-state index < -0.39 is 5.41 Å². The second-order valence-corrected chi connectivity index (χ2v) is 8.85. The summed E-state index contributed by atoms with van der Waals surface area (Å²) in [6, 6.07) is 4.75. The molecular formula is C21H34N2O2. The maximum Gasteiger partial charge on any atom is 0.226 e. The third kappa shape index (κ3) is 4.55. The molecule has 0 aliphatic carbocycles. The van der Waals surface area contributed by atoms with Gasteiger partial charge >= 0.3 is 0 Å². The van der Waals surface area contributed by atoms with Crippen molar-refractivity contribution in [2.45, 2.75) is 65.8 Å². The highest BCUT2D eigenvalue weighted by atomic mass is 16.5. The third-order valence-corrected chi connectivity index (χ3v) is 5.06. The second kappa shape index (κ2) is 7.36. The summed E-state index contributed by atoms with van der Waals surface area (Å²) >= 11 is 0. The van der Waals surface area contributed by atoms with Gasteiger partial charge in [0.25, 0.3) is 0 Å². The molecular weight excluding hydrogens is 312 g/mol. The van der Waals surface area contributed by atoms with Gasteiger partial charge in [0.2, 0.25) is 5.91 Å². The Balaban J connectivity index is 2.33. The average molecular weight is 347 g/mol. The van der Waals surface area contributed by atoms with Gasteiger partial charge in [0.05, 0.1) is 12.0 Å². The molecule has 0 spiro atoms. The van der Waals surface area contributed by atoms with E-state index in [4.69, 9.17) is 4.74 Å². The fourth-order valence-electron chi connectivity index (χ4n) is 3.32. The number of benzene rings is 1. The van der Waals surface area contributed by atoms with E-state index in [-0.39, 0.29) is 17.4 Å². The predicted octanol–water partition coefficient (Wildman–Crippen LogP) is 3.87. The summed E-state index contributed by atoms with van der Waals surface area (Å²) in [6.45, 7) is 14.2. The fraction of sp³-hybridized carbons (Fsp3) is 0.667. The molecule has 2 N–H and O–H groups in total. The molecule has 25 heavy (non-hydrogen) atoms. The van der Waals surface area contributed by atoms with Crippen LogP contribution < -0.4 is 15.4 Å². The summed E-state index contributed by atoms with van der Waals surface area (Å²) in [7, 11) is 1.69. The van der Waals surface area contributed by atoms with Crippen molar-refractivity contribution < 1.29 is 9.53 Å². The molecule has 1 aliphatic heterocycles. The topological polar surface area (TPSA) is 50.4 Å². The fourth-order valence-corrected chi connectivity index (χ4v) is 3.32. The number of hydrogen-bond donors (Lipinski definition) is 2. The number of nitrogens with one attached hydrogen (secondary N) is 2. The van der Waals surface area contributed by atoms with Crippen LogP contribution in [0.3, 0.4) is 0 Å². The Labute approximate surface area is 152 Å². The number of amides is 1. The van der Waals surface area contributed by atoms with Crippen molar-refractivity contribution in [3.63, 3.8) is 0 Å².